The topological polar surface area (TPSA) is 49.4 Å². The zero-order chi connectivity index (χ0) is 18.7. The number of fused-ring (bicyclic) bond motifs is 1. The van der Waals surface area contributed by atoms with Crippen molar-refractivity contribution in [1.82, 2.24) is 0 Å². The number of hydrogen-bond acceptors (Lipinski definition) is 2. The lowest BCUT2D eigenvalue weighted by Crippen LogP contribution is -2.35. The Balaban J connectivity index is 1.77. The molecule has 0 saturated heterocycles. The Morgan fingerprint density at radius 2 is 1.92 bits per heavy atom. The van der Waals surface area contributed by atoms with Crippen molar-refractivity contribution in [2.45, 2.75) is 26.7 Å². The number of hydrogen-bond donors (Lipinski definition) is 1. The van der Waals surface area contributed by atoms with Crippen LogP contribution < -0.4 is 10.2 Å². The molecule has 134 valence electrons. The van der Waals surface area contributed by atoms with Crippen LogP contribution in [0.3, 0.4) is 0 Å². The highest BCUT2D eigenvalue weighted by molar-refractivity contribution is 6.05. The second-order valence-corrected chi connectivity index (χ2v) is 6.46. The van der Waals surface area contributed by atoms with Crippen molar-refractivity contribution < 1.29 is 14.0 Å². The maximum atomic E-state index is 13.6. The third-order valence-corrected chi connectivity index (χ3v) is 4.36. The summed E-state index contributed by atoms with van der Waals surface area (Å²) in [5, 5.41) is 2.70. The maximum absolute atomic E-state index is 13.6. The van der Waals surface area contributed by atoms with Crippen molar-refractivity contribution in [3.8, 4) is 0 Å². The highest BCUT2D eigenvalue weighted by Gasteiger charge is 2.23. The van der Waals surface area contributed by atoms with Gasteiger partial charge >= 0.3 is 0 Å². The zero-order valence-corrected chi connectivity index (χ0v) is 14.9. The number of benzene rings is 2. The van der Waals surface area contributed by atoms with E-state index in [0.717, 1.165) is 35.2 Å². The number of amides is 2. The van der Waals surface area contributed by atoms with E-state index in [1.54, 1.807) is 23.1 Å². The number of nitrogens with one attached hydrogen (secondary N) is 1. The monoisotopic (exact) mass is 352 g/mol. The Morgan fingerprint density at radius 3 is 2.62 bits per heavy atom. The van der Waals surface area contributed by atoms with Gasteiger partial charge in [-0.25, -0.2) is 4.39 Å². The van der Waals surface area contributed by atoms with E-state index in [2.05, 4.69) is 5.32 Å². The SMILES string of the molecule is CC(=O)Nc1ccc(/C=C/C(=O)N2CCCc3cc(F)cc(C)c32)cc1. The summed E-state index contributed by atoms with van der Waals surface area (Å²) in [6.07, 6.45) is 4.88. The van der Waals surface area contributed by atoms with Gasteiger partial charge < -0.3 is 10.2 Å². The quantitative estimate of drug-likeness (QED) is 0.846. The molecule has 1 heterocycles. The minimum Gasteiger partial charge on any atom is -0.326 e. The molecule has 5 heteroatoms. The van der Waals surface area contributed by atoms with Gasteiger partial charge in [-0.15, -0.1) is 0 Å². The van der Waals surface area contributed by atoms with Gasteiger partial charge in [0.25, 0.3) is 5.91 Å². The van der Waals surface area contributed by atoms with Gasteiger partial charge in [-0.2, -0.15) is 0 Å². The standard InChI is InChI=1S/C21H21FN2O2/c1-14-12-18(22)13-17-4-3-11-24(21(14)17)20(26)10-7-16-5-8-19(9-6-16)23-15(2)25/h5-10,12-13H,3-4,11H2,1-2H3,(H,23,25)/b10-7+. The van der Waals surface area contributed by atoms with E-state index < -0.39 is 0 Å². The van der Waals surface area contributed by atoms with E-state index in [9.17, 15) is 14.0 Å². The summed E-state index contributed by atoms with van der Waals surface area (Å²) < 4.78 is 13.6. The van der Waals surface area contributed by atoms with Gasteiger partial charge in [-0.3, -0.25) is 9.59 Å². The van der Waals surface area contributed by atoms with Crippen molar-refractivity contribution >= 4 is 29.3 Å². The molecule has 0 aliphatic carbocycles. The molecule has 3 rings (SSSR count). The summed E-state index contributed by atoms with van der Waals surface area (Å²) in [4.78, 5) is 25.4. The normalized spacial score (nSPS) is 13.6. The van der Waals surface area contributed by atoms with Gasteiger partial charge in [-0.1, -0.05) is 12.1 Å². The largest absolute Gasteiger partial charge is 0.326 e. The van der Waals surface area contributed by atoms with Crippen LogP contribution in [0.15, 0.2) is 42.5 Å². The third kappa shape index (κ3) is 3.99. The smallest absolute Gasteiger partial charge is 0.251 e. The Kier molecular flexibility index (Phi) is 5.16. The highest BCUT2D eigenvalue weighted by atomic mass is 19.1. The lowest BCUT2D eigenvalue weighted by atomic mass is 9.98. The molecule has 0 atom stereocenters. The molecule has 0 unspecified atom stereocenters. The third-order valence-electron chi connectivity index (χ3n) is 4.36. The summed E-state index contributed by atoms with van der Waals surface area (Å²) in [6.45, 7) is 3.92. The van der Waals surface area contributed by atoms with Crippen LogP contribution in [0, 0.1) is 12.7 Å². The van der Waals surface area contributed by atoms with Gasteiger partial charge in [0.2, 0.25) is 5.91 Å². The zero-order valence-electron chi connectivity index (χ0n) is 14.9. The number of anilines is 2. The molecule has 26 heavy (non-hydrogen) atoms. The Labute approximate surface area is 152 Å². The van der Waals surface area contributed by atoms with E-state index in [0.29, 0.717) is 12.2 Å². The van der Waals surface area contributed by atoms with Crippen LogP contribution in [0.1, 0.15) is 30.0 Å². The second-order valence-electron chi connectivity index (χ2n) is 6.46. The maximum Gasteiger partial charge on any atom is 0.251 e. The highest BCUT2D eigenvalue weighted by Crippen LogP contribution is 2.31. The molecule has 0 spiro atoms. The van der Waals surface area contributed by atoms with Crippen LogP contribution in [0.25, 0.3) is 6.08 Å². The van der Waals surface area contributed by atoms with Crippen LogP contribution in [0.4, 0.5) is 15.8 Å². The van der Waals surface area contributed by atoms with Gasteiger partial charge in [0.05, 0.1) is 5.69 Å². The summed E-state index contributed by atoms with van der Waals surface area (Å²) in [7, 11) is 0. The average molecular weight is 352 g/mol. The molecule has 2 aromatic rings. The fourth-order valence-electron chi connectivity index (χ4n) is 3.28. The van der Waals surface area contributed by atoms with E-state index in [-0.39, 0.29) is 17.6 Å². The van der Waals surface area contributed by atoms with Crippen molar-refractivity contribution in [3.05, 3.63) is 65.0 Å². The van der Waals surface area contributed by atoms with Crippen molar-refractivity contribution in [2.75, 3.05) is 16.8 Å². The predicted octanol–water partition coefficient (Wildman–Crippen LogP) is 4.09. The fourth-order valence-corrected chi connectivity index (χ4v) is 3.28. The van der Waals surface area contributed by atoms with Crippen LogP contribution in [0.5, 0.6) is 0 Å². The molecule has 0 saturated carbocycles. The molecule has 0 radical (unpaired) electrons. The van der Waals surface area contributed by atoms with Crippen molar-refractivity contribution in [3.63, 3.8) is 0 Å². The number of rotatable bonds is 3. The van der Waals surface area contributed by atoms with E-state index >= 15 is 0 Å². The molecule has 0 fully saturated rings. The molecular formula is C21H21FN2O2. The number of carbonyl (C=O) groups excluding carboxylic acids is 2. The molecule has 2 amide bonds. The van der Waals surface area contributed by atoms with E-state index in [4.69, 9.17) is 0 Å². The first-order valence-electron chi connectivity index (χ1n) is 8.60. The molecule has 1 N–H and O–H groups in total. The first-order valence-corrected chi connectivity index (χ1v) is 8.60. The van der Waals surface area contributed by atoms with Crippen LogP contribution >= 0.6 is 0 Å². The fraction of sp³-hybridized carbons (Fsp3) is 0.238. The summed E-state index contributed by atoms with van der Waals surface area (Å²) in [5.41, 5.74) is 4.06. The minimum absolute atomic E-state index is 0.119. The Bertz CT molecular complexity index is 872. The average Bonchev–Trinajstić information content (AvgIpc) is 2.59. The van der Waals surface area contributed by atoms with Crippen molar-refractivity contribution in [1.29, 1.82) is 0 Å². The summed E-state index contributed by atoms with van der Waals surface area (Å²) >= 11 is 0. The van der Waals surface area contributed by atoms with Crippen LogP contribution in [-0.4, -0.2) is 18.4 Å². The number of aryl methyl sites for hydroxylation is 2. The van der Waals surface area contributed by atoms with Gasteiger partial charge in [-0.05, 0) is 66.8 Å². The number of carbonyl (C=O) groups is 2. The predicted molar refractivity (Wildman–Crippen MR) is 102 cm³/mol. The lowest BCUT2D eigenvalue weighted by molar-refractivity contribution is -0.115. The van der Waals surface area contributed by atoms with Gasteiger partial charge in [0.15, 0.2) is 0 Å². The molecule has 2 aromatic carbocycles. The van der Waals surface area contributed by atoms with Crippen LogP contribution in [0.2, 0.25) is 0 Å². The summed E-state index contributed by atoms with van der Waals surface area (Å²) in [5.74, 6) is -0.504. The first-order chi connectivity index (χ1) is 12.4. The van der Waals surface area contributed by atoms with E-state index in [1.165, 1.54) is 25.1 Å². The van der Waals surface area contributed by atoms with Crippen LogP contribution in [-0.2, 0) is 16.0 Å². The molecule has 0 bridgehead atoms. The molecular weight excluding hydrogens is 331 g/mol. The van der Waals surface area contributed by atoms with Crippen molar-refractivity contribution in [2.24, 2.45) is 0 Å². The van der Waals surface area contributed by atoms with Gasteiger partial charge in [0, 0.05) is 25.2 Å². The lowest BCUT2D eigenvalue weighted by Gasteiger charge is -2.30. The Hall–Kier alpha value is -2.95. The van der Waals surface area contributed by atoms with Gasteiger partial charge in [0.1, 0.15) is 5.82 Å². The second kappa shape index (κ2) is 7.52. The number of halogens is 1. The Morgan fingerprint density at radius 1 is 1.19 bits per heavy atom. The summed E-state index contributed by atoms with van der Waals surface area (Å²) in [6, 6.07) is 10.2. The molecule has 1 aliphatic rings. The minimum atomic E-state index is -0.259. The van der Waals surface area contributed by atoms with E-state index in [1.807, 2.05) is 19.1 Å². The first kappa shape index (κ1) is 17.9. The molecule has 0 aromatic heterocycles. The molecule has 4 nitrogen and oxygen atoms in total. The molecule has 1 aliphatic heterocycles. The number of nitrogens with zero attached hydrogens (tertiary/aromatic N) is 1.